The molecule has 0 aliphatic carbocycles. The number of carbonyl (C=O) groups excluding carboxylic acids is 1. The van der Waals surface area contributed by atoms with E-state index in [2.05, 4.69) is 4.90 Å². The minimum absolute atomic E-state index is 0.0338. The second-order valence-corrected chi connectivity index (χ2v) is 10.8. The number of hydrogen-bond donors (Lipinski definition) is 0. The molecule has 9 heteroatoms. The van der Waals surface area contributed by atoms with E-state index in [9.17, 15) is 17.6 Å². The van der Waals surface area contributed by atoms with Gasteiger partial charge in [0.05, 0.1) is 11.4 Å². The van der Waals surface area contributed by atoms with Crippen LogP contribution >= 0.6 is 11.6 Å². The molecule has 1 heterocycles. The Labute approximate surface area is 210 Å². The number of anilines is 1. The summed E-state index contributed by atoms with van der Waals surface area (Å²) in [6, 6.07) is 20.5. The second kappa shape index (κ2) is 10.8. The first kappa shape index (κ1) is 25.2. The van der Waals surface area contributed by atoms with Gasteiger partial charge in [-0.2, -0.15) is 4.31 Å². The van der Waals surface area contributed by atoms with Crippen molar-refractivity contribution in [2.45, 2.75) is 18.4 Å². The van der Waals surface area contributed by atoms with Crippen LogP contribution in [0.3, 0.4) is 0 Å². The molecule has 0 saturated carbocycles. The standard InChI is InChI=1S/C26H27ClFN3O3S/c1-20-10-12-22(13-11-20)35(33,34)31(18-23-24(27)8-5-9-25(23)28)19-26(32)30-16-14-29(15-17-30)21-6-3-2-4-7-21/h2-13H,14-19H2,1H3. The molecule has 184 valence electrons. The molecule has 1 fully saturated rings. The van der Waals surface area contributed by atoms with Gasteiger partial charge >= 0.3 is 0 Å². The normalized spacial score (nSPS) is 14.4. The zero-order valence-electron chi connectivity index (χ0n) is 19.4. The summed E-state index contributed by atoms with van der Waals surface area (Å²) in [5.74, 6) is -0.952. The van der Waals surface area contributed by atoms with Crippen LogP contribution in [-0.2, 0) is 21.4 Å². The Balaban J connectivity index is 1.54. The molecule has 1 aliphatic heterocycles. The third-order valence-electron chi connectivity index (χ3n) is 6.12. The van der Waals surface area contributed by atoms with Crippen molar-refractivity contribution in [3.05, 3.63) is 94.8 Å². The van der Waals surface area contributed by atoms with Crippen LogP contribution in [0.5, 0.6) is 0 Å². The number of carbonyl (C=O) groups is 1. The maximum atomic E-state index is 14.5. The first-order valence-electron chi connectivity index (χ1n) is 11.3. The van der Waals surface area contributed by atoms with E-state index in [1.54, 1.807) is 17.0 Å². The van der Waals surface area contributed by atoms with Crippen molar-refractivity contribution in [3.63, 3.8) is 0 Å². The number of amides is 1. The number of piperazine rings is 1. The van der Waals surface area contributed by atoms with Gasteiger partial charge in [0.1, 0.15) is 5.82 Å². The molecule has 0 atom stereocenters. The summed E-state index contributed by atoms with van der Waals surface area (Å²) in [6.07, 6.45) is 0. The first-order chi connectivity index (χ1) is 16.8. The van der Waals surface area contributed by atoms with Gasteiger partial charge in [-0.1, -0.05) is 53.6 Å². The lowest BCUT2D eigenvalue weighted by Gasteiger charge is -2.37. The Morgan fingerprint density at radius 3 is 2.23 bits per heavy atom. The summed E-state index contributed by atoms with van der Waals surface area (Å²) in [6.45, 7) is 3.30. The fraction of sp³-hybridized carbons (Fsp3) is 0.269. The van der Waals surface area contributed by atoms with Crippen molar-refractivity contribution in [1.82, 2.24) is 9.21 Å². The number of aryl methyl sites for hydroxylation is 1. The Bertz CT molecular complexity index is 1260. The van der Waals surface area contributed by atoms with Crippen molar-refractivity contribution < 1.29 is 17.6 Å². The molecule has 3 aromatic rings. The van der Waals surface area contributed by atoms with Crippen LogP contribution in [0.2, 0.25) is 5.02 Å². The number of rotatable bonds is 7. The summed E-state index contributed by atoms with van der Waals surface area (Å²) in [4.78, 5) is 17.1. The molecule has 0 aromatic heterocycles. The monoisotopic (exact) mass is 515 g/mol. The molecule has 0 N–H and O–H groups in total. The number of benzene rings is 3. The van der Waals surface area contributed by atoms with Crippen molar-refractivity contribution >= 4 is 33.2 Å². The molecule has 35 heavy (non-hydrogen) atoms. The van der Waals surface area contributed by atoms with Gasteiger partial charge in [-0.3, -0.25) is 4.79 Å². The van der Waals surface area contributed by atoms with Gasteiger partial charge in [-0.05, 0) is 43.3 Å². The van der Waals surface area contributed by atoms with E-state index < -0.39 is 22.4 Å². The van der Waals surface area contributed by atoms with Crippen molar-refractivity contribution in [1.29, 1.82) is 0 Å². The Morgan fingerprint density at radius 2 is 1.60 bits per heavy atom. The molecule has 1 saturated heterocycles. The van der Waals surface area contributed by atoms with E-state index in [1.807, 2.05) is 37.3 Å². The summed E-state index contributed by atoms with van der Waals surface area (Å²) < 4.78 is 42.6. The number of para-hydroxylation sites is 1. The van der Waals surface area contributed by atoms with Crippen LogP contribution in [0.1, 0.15) is 11.1 Å². The van der Waals surface area contributed by atoms with Crippen LogP contribution in [0, 0.1) is 12.7 Å². The zero-order chi connectivity index (χ0) is 25.0. The second-order valence-electron chi connectivity index (χ2n) is 8.49. The van der Waals surface area contributed by atoms with Crippen LogP contribution in [-0.4, -0.2) is 56.3 Å². The third kappa shape index (κ3) is 5.83. The molecule has 6 nitrogen and oxygen atoms in total. The van der Waals surface area contributed by atoms with E-state index in [1.165, 1.54) is 30.3 Å². The maximum absolute atomic E-state index is 14.5. The van der Waals surface area contributed by atoms with Crippen LogP contribution < -0.4 is 4.90 Å². The lowest BCUT2D eigenvalue weighted by Crippen LogP contribution is -2.51. The fourth-order valence-electron chi connectivity index (χ4n) is 4.05. The summed E-state index contributed by atoms with van der Waals surface area (Å²) >= 11 is 6.19. The topological polar surface area (TPSA) is 60.9 Å². The van der Waals surface area contributed by atoms with E-state index in [0.717, 1.165) is 15.6 Å². The lowest BCUT2D eigenvalue weighted by atomic mass is 10.2. The van der Waals surface area contributed by atoms with Crippen LogP contribution in [0.4, 0.5) is 10.1 Å². The molecular formula is C26H27ClFN3O3S. The van der Waals surface area contributed by atoms with Gasteiger partial charge in [0.25, 0.3) is 0 Å². The summed E-state index contributed by atoms with van der Waals surface area (Å²) in [7, 11) is -4.09. The highest BCUT2D eigenvalue weighted by molar-refractivity contribution is 7.89. The summed E-state index contributed by atoms with van der Waals surface area (Å²) in [5.41, 5.74) is 2.02. The molecule has 4 rings (SSSR count). The van der Waals surface area contributed by atoms with Crippen molar-refractivity contribution in [3.8, 4) is 0 Å². The molecule has 1 amide bonds. The highest BCUT2D eigenvalue weighted by atomic mass is 35.5. The van der Waals surface area contributed by atoms with Gasteiger partial charge < -0.3 is 9.80 Å². The number of sulfonamides is 1. The minimum Gasteiger partial charge on any atom is -0.368 e. The Kier molecular flexibility index (Phi) is 7.74. The lowest BCUT2D eigenvalue weighted by molar-refractivity contribution is -0.131. The Hall–Kier alpha value is -2.94. The maximum Gasteiger partial charge on any atom is 0.243 e. The highest BCUT2D eigenvalue weighted by Crippen LogP contribution is 2.25. The third-order valence-corrected chi connectivity index (χ3v) is 8.28. The predicted molar refractivity (Wildman–Crippen MR) is 135 cm³/mol. The van der Waals surface area contributed by atoms with E-state index in [-0.39, 0.29) is 27.9 Å². The van der Waals surface area contributed by atoms with Gasteiger partial charge in [-0.15, -0.1) is 0 Å². The average molecular weight is 516 g/mol. The van der Waals surface area contributed by atoms with Crippen LogP contribution in [0.15, 0.2) is 77.7 Å². The molecular weight excluding hydrogens is 489 g/mol. The minimum atomic E-state index is -4.09. The predicted octanol–water partition coefficient (Wildman–Crippen LogP) is 4.33. The van der Waals surface area contributed by atoms with Crippen molar-refractivity contribution in [2.75, 3.05) is 37.6 Å². The van der Waals surface area contributed by atoms with Gasteiger partial charge in [-0.25, -0.2) is 12.8 Å². The average Bonchev–Trinajstić information content (AvgIpc) is 2.86. The molecule has 0 spiro atoms. The zero-order valence-corrected chi connectivity index (χ0v) is 21.0. The first-order valence-corrected chi connectivity index (χ1v) is 13.1. The SMILES string of the molecule is Cc1ccc(S(=O)(=O)N(CC(=O)N2CCN(c3ccccc3)CC2)Cc2c(F)cccc2Cl)cc1. The smallest absolute Gasteiger partial charge is 0.243 e. The fourth-order valence-corrected chi connectivity index (χ4v) is 5.63. The highest BCUT2D eigenvalue weighted by Gasteiger charge is 2.31. The van der Waals surface area contributed by atoms with Crippen LogP contribution in [0.25, 0.3) is 0 Å². The molecule has 0 bridgehead atoms. The number of hydrogen-bond acceptors (Lipinski definition) is 4. The molecule has 3 aromatic carbocycles. The number of nitrogens with zero attached hydrogens (tertiary/aromatic N) is 3. The number of halogens is 2. The molecule has 0 radical (unpaired) electrons. The van der Waals surface area contributed by atoms with Gasteiger partial charge in [0.15, 0.2) is 0 Å². The Morgan fingerprint density at radius 1 is 0.943 bits per heavy atom. The van der Waals surface area contributed by atoms with E-state index >= 15 is 0 Å². The van der Waals surface area contributed by atoms with Gasteiger partial charge in [0.2, 0.25) is 15.9 Å². The van der Waals surface area contributed by atoms with Gasteiger partial charge in [0, 0.05) is 49.0 Å². The van der Waals surface area contributed by atoms with Crippen molar-refractivity contribution in [2.24, 2.45) is 0 Å². The van der Waals surface area contributed by atoms with E-state index in [4.69, 9.17) is 11.6 Å². The molecule has 1 aliphatic rings. The quantitative estimate of drug-likeness (QED) is 0.470. The largest absolute Gasteiger partial charge is 0.368 e. The summed E-state index contributed by atoms with van der Waals surface area (Å²) in [5, 5.41) is 0.109. The van der Waals surface area contributed by atoms with E-state index in [0.29, 0.717) is 26.2 Å². The molecule has 0 unspecified atom stereocenters.